The fraction of sp³-hybridized carbons (Fsp3) is 0.346. The van der Waals surface area contributed by atoms with E-state index in [0.29, 0.717) is 30.7 Å². The van der Waals surface area contributed by atoms with E-state index in [1.807, 2.05) is 26.0 Å². The quantitative estimate of drug-likeness (QED) is 0.401. The molecule has 1 aromatic heterocycles. The molecule has 1 unspecified atom stereocenters. The number of hydrogen-bond donors (Lipinski definition) is 2. The first kappa shape index (κ1) is 24.4. The Balaban J connectivity index is 1.54. The van der Waals surface area contributed by atoms with E-state index in [1.54, 1.807) is 25.3 Å². The molecule has 35 heavy (non-hydrogen) atoms. The summed E-state index contributed by atoms with van der Waals surface area (Å²) in [5, 5.41) is 19.9. The lowest BCUT2D eigenvalue weighted by Crippen LogP contribution is -2.52. The molecule has 4 rings (SSSR count). The van der Waals surface area contributed by atoms with Gasteiger partial charge in [0.2, 0.25) is 0 Å². The van der Waals surface area contributed by atoms with Gasteiger partial charge >= 0.3 is 6.09 Å². The third kappa shape index (κ3) is 5.05. The van der Waals surface area contributed by atoms with Gasteiger partial charge in [0.05, 0.1) is 11.6 Å². The van der Waals surface area contributed by atoms with Gasteiger partial charge in [-0.3, -0.25) is 15.0 Å². The van der Waals surface area contributed by atoms with E-state index in [4.69, 9.17) is 9.84 Å². The fourth-order valence-electron chi connectivity index (χ4n) is 4.78. The molecule has 1 aliphatic rings. The van der Waals surface area contributed by atoms with E-state index in [1.165, 1.54) is 17.0 Å². The van der Waals surface area contributed by atoms with Gasteiger partial charge in [-0.05, 0) is 86.2 Å². The number of pyridine rings is 1. The summed E-state index contributed by atoms with van der Waals surface area (Å²) in [6.45, 7) is 5.96. The maximum absolute atomic E-state index is 13.8. The summed E-state index contributed by atoms with van der Waals surface area (Å²) in [6, 6.07) is 9.66. The van der Waals surface area contributed by atoms with Crippen molar-refractivity contribution in [3.63, 3.8) is 0 Å². The van der Waals surface area contributed by atoms with Crippen LogP contribution in [0.5, 0.6) is 5.75 Å². The first-order valence-electron chi connectivity index (χ1n) is 11.5. The molecule has 0 saturated carbocycles. The average molecular weight is 482 g/mol. The number of halogens is 1. The number of carbonyl (C=O) groups is 2. The number of nitrogens with zero attached hydrogens (tertiary/aromatic N) is 3. The molecule has 9 heteroatoms. The van der Waals surface area contributed by atoms with Crippen LogP contribution in [0.4, 0.5) is 9.18 Å². The summed E-state index contributed by atoms with van der Waals surface area (Å²) in [6.07, 6.45) is 0.497. The molecule has 2 aromatic carbocycles. The molecule has 1 aliphatic heterocycles. The van der Waals surface area contributed by atoms with E-state index >= 15 is 0 Å². The van der Waals surface area contributed by atoms with Gasteiger partial charge in [0.15, 0.2) is 6.10 Å². The lowest BCUT2D eigenvalue weighted by atomic mass is 9.93. The number of ether oxygens (including phenoxy) is 1. The number of hydrogen-bond acceptors (Lipinski definition) is 5. The molecule has 2 atom stereocenters. The van der Waals surface area contributed by atoms with E-state index in [2.05, 4.69) is 4.98 Å². The van der Waals surface area contributed by atoms with E-state index in [9.17, 15) is 19.2 Å². The summed E-state index contributed by atoms with van der Waals surface area (Å²) >= 11 is 0. The smallest absolute Gasteiger partial charge is 0.431 e. The van der Waals surface area contributed by atoms with Crippen molar-refractivity contribution < 1.29 is 29.0 Å². The van der Waals surface area contributed by atoms with Gasteiger partial charge < -0.3 is 14.7 Å². The Hall–Kier alpha value is -3.72. The minimum atomic E-state index is -1.44. The number of amides is 2. The van der Waals surface area contributed by atoms with Crippen molar-refractivity contribution in [2.24, 2.45) is 0 Å². The minimum absolute atomic E-state index is 0.105. The molecule has 0 spiro atoms. The molecular weight excluding hydrogens is 453 g/mol. The number of rotatable bonds is 5. The van der Waals surface area contributed by atoms with Crippen molar-refractivity contribution in [3.8, 4) is 16.9 Å². The lowest BCUT2D eigenvalue weighted by Gasteiger charge is -2.36. The third-order valence-corrected chi connectivity index (χ3v) is 6.39. The molecule has 184 valence electrons. The highest BCUT2D eigenvalue weighted by atomic mass is 19.1. The maximum Gasteiger partial charge on any atom is 0.431 e. The number of benzene rings is 2. The normalized spacial score (nSPS) is 16.7. The summed E-state index contributed by atoms with van der Waals surface area (Å²) < 4.78 is 19.7. The van der Waals surface area contributed by atoms with E-state index in [-0.39, 0.29) is 23.3 Å². The van der Waals surface area contributed by atoms with Crippen molar-refractivity contribution in [3.05, 3.63) is 59.5 Å². The molecule has 8 nitrogen and oxygen atoms in total. The molecule has 0 bridgehead atoms. The largest absolute Gasteiger partial charge is 0.481 e. The number of aromatic nitrogens is 1. The molecule has 1 fully saturated rings. The van der Waals surface area contributed by atoms with Crippen LogP contribution in [0, 0.1) is 19.7 Å². The Bertz CT molecular complexity index is 1260. The zero-order valence-electron chi connectivity index (χ0n) is 19.9. The first-order valence-corrected chi connectivity index (χ1v) is 11.5. The van der Waals surface area contributed by atoms with Crippen LogP contribution in [0.1, 0.15) is 30.9 Å². The van der Waals surface area contributed by atoms with Gasteiger partial charge in [-0.25, -0.2) is 9.18 Å². The number of piperidine rings is 1. The molecule has 2 amide bonds. The number of carbonyl (C=O) groups excluding carboxylic acids is 1. The van der Waals surface area contributed by atoms with Crippen LogP contribution in [0.25, 0.3) is 22.0 Å². The summed E-state index contributed by atoms with van der Waals surface area (Å²) in [4.78, 5) is 30.0. The van der Waals surface area contributed by atoms with Gasteiger partial charge in [-0.1, -0.05) is 0 Å². The lowest BCUT2D eigenvalue weighted by molar-refractivity contribution is -0.146. The monoisotopic (exact) mass is 481 g/mol. The molecule has 0 aliphatic carbocycles. The van der Waals surface area contributed by atoms with Gasteiger partial charge in [-0.15, -0.1) is 0 Å². The predicted molar refractivity (Wildman–Crippen MR) is 128 cm³/mol. The Morgan fingerprint density at radius 3 is 2.60 bits per heavy atom. The zero-order chi connectivity index (χ0) is 25.3. The Morgan fingerprint density at radius 1 is 1.20 bits per heavy atom. The van der Waals surface area contributed by atoms with Crippen LogP contribution in [-0.4, -0.2) is 62.5 Å². The SMILES string of the molecule is Cc1cc(F)cc(C)c1-c1ccnc2cc(O[C@H](C)C(=O)N3CCCC(N(O)C(=O)O)C3)ccc12. The van der Waals surface area contributed by atoms with Crippen molar-refractivity contribution in [2.45, 2.75) is 45.8 Å². The van der Waals surface area contributed by atoms with Crippen molar-refractivity contribution in [1.82, 2.24) is 14.9 Å². The van der Waals surface area contributed by atoms with Crippen LogP contribution in [0.3, 0.4) is 0 Å². The average Bonchev–Trinajstić information content (AvgIpc) is 2.82. The molecule has 2 heterocycles. The number of hydroxylamine groups is 2. The van der Waals surface area contributed by atoms with Crippen LogP contribution in [-0.2, 0) is 4.79 Å². The highest BCUT2D eigenvalue weighted by Crippen LogP contribution is 2.34. The van der Waals surface area contributed by atoms with Gasteiger partial charge in [0.1, 0.15) is 11.6 Å². The molecule has 0 radical (unpaired) electrons. The van der Waals surface area contributed by atoms with Crippen molar-refractivity contribution in [1.29, 1.82) is 0 Å². The molecule has 1 saturated heterocycles. The molecule has 2 N–H and O–H groups in total. The Labute approximate surface area is 202 Å². The van der Waals surface area contributed by atoms with Gasteiger partial charge in [-0.2, -0.15) is 5.06 Å². The number of aryl methyl sites for hydroxylation is 2. The standard InChI is InChI=1S/C26H28FN3O5/c1-15-11-18(27)12-16(2)24(15)22-8-9-28-23-13-20(6-7-21(22)23)35-17(3)25(31)29-10-4-5-19(14-29)30(34)26(32)33/h6-9,11-13,17,19,34H,4-5,10,14H2,1-3H3,(H,32,33)/t17-,19?/m1/s1. The molecular formula is C26H28FN3O5. The first-order chi connectivity index (χ1) is 16.7. The van der Waals surface area contributed by atoms with Gasteiger partial charge in [0.25, 0.3) is 5.91 Å². The van der Waals surface area contributed by atoms with E-state index in [0.717, 1.165) is 27.6 Å². The highest BCUT2D eigenvalue weighted by molar-refractivity contribution is 5.96. The van der Waals surface area contributed by atoms with Crippen molar-refractivity contribution in [2.75, 3.05) is 13.1 Å². The minimum Gasteiger partial charge on any atom is -0.481 e. The highest BCUT2D eigenvalue weighted by Gasteiger charge is 2.32. The van der Waals surface area contributed by atoms with Crippen LogP contribution >= 0.6 is 0 Å². The van der Waals surface area contributed by atoms with Crippen LogP contribution < -0.4 is 4.74 Å². The van der Waals surface area contributed by atoms with Crippen LogP contribution in [0.15, 0.2) is 42.6 Å². The maximum atomic E-state index is 13.8. The second-order valence-corrected chi connectivity index (χ2v) is 8.92. The fourth-order valence-corrected chi connectivity index (χ4v) is 4.78. The summed E-state index contributed by atoms with van der Waals surface area (Å²) in [7, 11) is 0. The number of carboxylic acid groups (broad SMARTS) is 1. The van der Waals surface area contributed by atoms with Gasteiger partial charge in [0, 0.05) is 30.7 Å². The number of fused-ring (bicyclic) bond motifs is 1. The van der Waals surface area contributed by atoms with Crippen LogP contribution in [0.2, 0.25) is 0 Å². The van der Waals surface area contributed by atoms with E-state index < -0.39 is 18.2 Å². The number of likely N-dealkylation sites (tertiary alicyclic amines) is 1. The summed E-state index contributed by atoms with van der Waals surface area (Å²) in [5.41, 5.74) is 4.23. The third-order valence-electron chi connectivity index (χ3n) is 6.39. The zero-order valence-corrected chi connectivity index (χ0v) is 19.9. The Morgan fingerprint density at radius 2 is 1.91 bits per heavy atom. The second-order valence-electron chi connectivity index (χ2n) is 8.92. The second kappa shape index (κ2) is 9.87. The van der Waals surface area contributed by atoms with Crippen molar-refractivity contribution >= 4 is 22.9 Å². The summed E-state index contributed by atoms with van der Waals surface area (Å²) in [5.74, 6) is -0.0857. The Kier molecular flexibility index (Phi) is 6.88. The topological polar surface area (TPSA) is 103 Å². The predicted octanol–water partition coefficient (Wildman–Crippen LogP) is 4.79. The molecule has 3 aromatic rings.